The molecule has 0 saturated heterocycles. The lowest BCUT2D eigenvalue weighted by Gasteiger charge is -2.02. The van der Waals surface area contributed by atoms with Crippen LogP contribution in [0, 0.1) is 6.92 Å². The van der Waals surface area contributed by atoms with E-state index in [4.69, 9.17) is 9.37 Å². The Labute approximate surface area is 98.3 Å². The molecule has 2 aromatic rings. The van der Waals surface area contributed by atoms with Crippen molar-refractivity contribution >= 4 is 27.3 Å². The summed E-state index contributed by atoms with van der Waals surface area (Å²) in [4.78, 5) is 0. The molecule has 1 atom stereocenters. The van der Waals surface area contributed by atoms with Crippen molar-refractivity contribution in [2.24, 2.45) is 0 Å². The fourth-order valence-corrected chi connectivity index (χ4v) is 3.16. The van der Waals surface area contributed by atoms with Crippen LogP contribution in [0.2, 0.25) is 0 Å². The summed E-state index contributed by atoms with van der Waals surface area (Å²) in [5.41, 5.74) is 2.88. The number of ether oxygens (including phenoxy) is 1. The average molecular weight is 287 g/mol. The SMILES string of the molecule is Cc1nonc1C1COc2c1csc2Br. The van der Waals surface area contributed by atoms with Crippen LogP contribution in [0.5, 0.6) is 5.75 Å². The van der Waals surface area contributed by atoms with Gasteiger partial charge >= 0.3 is 0 Å². The molecule has 1 aliphatic rings. The summed E-state index contributed by atoms with van der Waals surface area (Å²) in [7, 11) is 0. The van der Waals surface area contributed by atoms with Crippen LogP contribution in [0.1, 0.15) is 22.9 Å². The zero-order chi connectivity index (χ0) is 10.4. The highest BCUT2D eigenvalue weighted by Crippen LogP contribution is 2.46. The van der Waals surface area contributed by atoms with Gasteiger partial charge in [0.05, 0.1) is 5.92 Å². The molecular formula is C9H7BrN2O2S. The van der Waals surface area contributed by atoms with Gasteiger partial charge in [-0.1, -0.05) is 10.3 Å². The van der Waals surface area contributed by atoms with Crippen molar-refractivity contribution in [3.63, 3.8) is 0 Å². The minimum atomic E-state index is 0.161. The van der Waals surface area contributed by atoms with Gasteiger partial charge in [-0.25, -0.2) is 4.63 Å². The second-order valence-electron chi connectivity index (χ2n) is 3.39. The Kier molecular flexibility index (Phi) is 2.07. The molecule has 1 aliphatic heterocycles. The van der Waals surface area contributed by atoms with Gasteiger partial charge in [-0.2, -0.15) is 0 Å². The number of fused-ring (bicyclic) bond motifs is 1. The molecule has 6 heteroatoms. The molecule has 3 heterocycles. The normalized spacial score (nSPS) is 18.9. The predicted octanol–water partition coefficient (Wildman–Crippen LogP) is 2.73. The van der Waals surface area contributed by atoms with Crippen LogP contribution in [0.15, 0.2) is 13.8 Å². The number of halogens is 1. The maximum atomic E-state index is 5.61. The lowest BCUT2D eigenvalue weighted by molar-refractivity contribution is 0.294. The fraction of sp³-hybridized carbons (Fsp3) is 0.333. The molecule has 0 bridgehead atoms. The molecule has 2 aromatic heterocycles. The van der Waals surface area contributed by atoms with Gasteiger partial charge in [0.15, 0.2) is 0 Å². The Morgan fingerprint density at radius 2 is 2.40 bits per heavy atom. The number of rotatable bonds is 1. The molecule has 78 valence electrons. The van der Waals surface area contributed by atoms with E-state index in [1.165, 1.54) is 5.56 Å². The Bertz CT molecular complexity index is 508. The number of hydrogen-bond acceptors (Lipinski definition) is 5. The van der Waals surface area contributed by atoms with Gasteiger partial charge in [0.1, 0.15) is 27.5 Å². The van der Waals surface area contributed by atoms with Crippen molar-refractivity contribution in [3.8, 4) is 5.75 Å². The van der Waals surface area contributed by atoms with E-state index in [-0.39, 0.29) is 5.92 Å². The molecule has 0 N–H and O–H groups in total. The molecule has 0 fully saturated rings. The molecule has 1 unspecified atom stereocenters. The third-order valence-corrected chi connectivity index (χ3v) is 4.20. The molecule has 15 heavy (non-hydrogen) atoms. The predicted molar refractivity (Wildman–Crippen MR) is 58.4 cm³/mol. The van der Waals surface area contributed by atoms with Gasteiger partial charge in [-0.3, -0.25) is 0 Å². The molecule has 0 amide bonds. The summed E-state index contributed by atoms with van der Waals surface area (Å²) in [5, 5.41) is 9.81. The topological polar surface area (TPSA) is 48.2 Å². The highest BCUT2D eigenvalue weighted by Gasteiger charge is 2.32. The average Bonchev–Trinajstić information content (AvgIpc) is 2.85. The summed E-state index contributed by atoms with van der Waals surface area (Å²) in [6, 6.07) is 0. The summed E-state index contributed by atoms with van der Waals surface area (Å²) < 4.78 is 11.4. The second-order valence-corrected chi connectivity index (χ2v) is 5.59. The van der Waals surface area contributed by atoms with Crippen LogP contribution in [-0.2, 0) is 0 Å². The summed E-state index contributed by atoms with van der Waals surface area (Å²) >= 11 is 5.09. The highest BCUT2D eigenvalue weighted by molar-refractivity contribution is 9.11. The first-order valence-corrected chi connectivity index (χ1v) is 6.13. The van der Waals surface area contributed by atoms with E-state index in [2.05, 4.69) is 31.6 Å². The van der Waals surface area contributed by atoms with Gasteiger partial charge in [0.2, 0.25) is 0 Å². The van der Waals surface area contributed by atoms with E-state index in [1.807, 2.05) is 6.92 Å². The van der Waals surface area contributed by atoms with E-state index in [0.29, 0.717) is 6.61 Å². The summed E-state index contributed by atoms with van der Waals surface area (Å²) in [6.07, 6.45) is 0. The summed E-state index contributed by atoms with van der Waals surface area (Å²) in [5.74, 6) is 1.10. The second kappa shape index (κ2) is 3.31. The van der Waals surface area contributed by atoms with Gasteiger partial charge in [0, 0.05) is 5.56 Å². The Morgan fingerprint density at radius 3 is 3.13 bits per heavy atom. The van der Waals surface area contributed by atoms with Crippen LogP contribution in [0.3, 0.4) is 0 Å². The van der Waals surface area contributed by atoms with Crippen LogP contribution < -0.4 is 4.74 Å². The van der Waals surface area contributed by atoms with Crippen molar-refractivity contribution in [3.05, 3.63) is 26.1 Å². The monoisotopic (exact) mass is 286 g/mol. The quantitative estimate of drug-likeness (QED) is 0.809. The smallest absolute Gasteiger partial charge is 0.148 e. The molecule has 0 aliphatic carbocycles. The van der Waals surface area contributed by atoms with Gasteiger partial charge < -0.3 is 4.74 Å². The number of hydrogen-bond donors (Lipinski definition) is 0. The highest BCUT2D eigenvalue weighted by atomic mass is 79.9. The minimum absolute atomic E-state index is 0.161. The molecule has 0 spiro atoms. The van der Waals surface area contributed by atoms with E-state index < -0.39 is 0 Å². The van der Waals surface area contributed by atoms with Crippen LogP contribution >= 0.6 is 27.3 Å². The number of nitrogens with zero attached hydrogens (tertiary/aromatic N) is 2. The lowest BCUT2D eigenvalue weighted by atomic mass is 10.00. The van der Waals surface area contributed by atoms with Crippen LogP contribution in [-0.4, -0.2) is 16.9 Å². The largest absolute Gasteiger partial charge is 0.490 e. The first-order valence-electron chi connectivity index (χ1n) is 4.46. The van der Waals surface area contributed by atoms with E-state index in [9.17, 15) is 0 Å². The Balaban J connectivity index is 2.08. The number of aromatic nitrogens is 2. The van der Waals surface area contributed by atoms with E-state index >= 15 is 0 Å². The van der Waals surface area contributed by atoms with Crippen molar-refractivity contribution < 1.29 is 9.37 Å². The molecule has 4 nitrogen and oxygen atoms in total. The fourth-order valence-electron chi connectivity index (χ4n) is 1.75. The number of thiophene rings is 1. The maximum absolute atomic E-state index is 5.61. The van der Waals surface area contributed by atoms with Crippen molar-refractivity contribution in [2.75, 3.05) is 6.61 Å². The molecule has 0 saturated carbocycles. The Hall–Kier alpha value is -0.880. The van der Waals surface area contributed by atoms with E-state index in [1.54, 1.807) is 11.3 Å². The van der Waals surface area contributed by atoms with Crippen LogP contribution in [0.25, 0.3) is 0 Å². The molecule has 0 aromatic carbocycles. The standard InChI is InChI=1S/C9H7BrN2O2S/c1-4-7(12-14-11-4)5-2-13-8-6(5)3-15-9(8)10/h3,5H,2H2,1H3. The third-order valence-electron chi connectivity index (χ3n) is 2.52. The van der Waals surface area contributed by atoms with E-state index in [0.717, 1.165) is 20.9 Å². The first kappa shape index (κ1) is 9.35. The molecule has 0 radical (unpaired) electrons. The Morgan fingerprint density at radius 1 is 1.53 bits per heavy atom. The summed E-state index contributed by atoms with van der Waals surface area (Å²) in [6.45, 7) is 2.51. The maximum Gasteiger partial charge on any atom is 0.148 e. The minimum Gasteiger partial charge on any atom is -0.490 e. The van der Waals surface area contributed by atoms with Gasteiger partial charge in [-0.15, -0.1) is 11.3 Å². The van der Waals surface area contributed by atoms with Gasteiger partial charge in [0.25, 0.3) is 0 Å². The van der Waals surface area contributed by atoms with Crippen LogP contribution in [0.4, 0.5) is 0 Å². The number of aryl methyl sites for hydroxylation is 1. The zero-order valence-corrected chi connectivity index (χ0v) is 10.3. The third kappa shape index (κ3) is 1.32. The first-order chi connectivity index (χ1) is 7.27. The molecule has 3 rings (SSSR count). The van der Waals surface area contributed by atoms with Crippen molar-refractivity contribution in [1.29, 1.82) is 0 Å². The lowest BCUT2D eigenvalue weighted by Crippen LogP contribution is -2.04. The van der Waals surface area contributed by atoms with Crippen molar-refractivity contribution in [1.82, 2.24) is 10.3 Å². The van der Waals surface area contributed by atoms with Crippen molar-refractivity contribution in [2.45, 2.75) is 12.8 Å². The molecular weight excluding hydrogens is 280 g/mol. The zero-order valence-electron chi connectivity index (χ0n) is 7.86. The van der Waals surface area contributed by atoms with Gasteiger partial charge in [-0.05, 0) is 28.2 Å².